The van der Waals surface area contributed by atoms with Crippen LogP contribution < -0.4 is 10.6 Å². The van der Waals surface area contributed by atoms with Gasteiger partial charge in [0.1, 0.15) is 5.54 Å². The molecule has 1 heterocycles. The molecule has 2 aromatic rings. The van der Waals surface area contributed by atoms with E-state index < -0.39 is 5.54 Å². The summed E-state index contributed by atoms with van der Waals surface area (Å²) in [6, 6.07) is 16.6. The third kappa shape index (κ3) is 4.20. The molecule has 2 N–H and O–H groups in total. The minimum atomic E-state index is -0.480. The van der Waals surface area contributed by atoms with Crippen LogP contribution in [0.5, 0.6) is 0 Å². The van der Waals surface area contributed by atoms with Crippen LogP contribution in [0.15, 0.2) is 48.5 Å². The summed E-state index contributed by atoms with van der Waals surface area (Å²) in [5.74, 6) is 0.136. The van der Waals surface area contributed by atoms with Crippen molar-refractivity contribution in [3.63, 3.8) is 0 Å². The second-order valence-electron chi connectivity index (χ2n) is 7.36. The molecule has 1 fully saturated rings. The zero-order valence-electron chi connectivity index (χ0n) is 16.2. The number of amides is 1. The molecule has 28 heavy (non-hydrogen) atoms. The van der Waals surface area contributed by atoms with E-state index in [1.807, 2.05) is 18.2 Å². The molecule has 0 saturated carbocycles. The average molecular weight is 422 g/mol. The molecule has 1 saturated heterocycles. The van der Waals surface area contributed by atoms with Crippen LogP contribution in [0.3, 0.4) is 0 Å². The van der Waals surface area contributed by atoms with E-state index >= 15 is 0 Å². The Morgan fingerprint density at radius 2 is 1.57 bits per heavy atom. The Morgan fingerprint density at radius 3 is 2.18 bits per heavy atom. The number of anilines is 1. The van der Waals surface area contributed by atoms with Gasteiger partial charge in [0.15, 0.2) is 0 Å². The molecule has 2 aliphatic rings. The molecule has 0 spiro atoms. The maximum absolute atomic E-state index is 13.6. The Balaban J connectivity index is 0.00000140. The molecule has 4 nitrogen and oxygen atoms in total. The lowest BCUT2D eigenvalue weighted by molar-refractivity contribution is -0.128. The van der Waals surface area contributed by atoms with Crippen molar-refractivity contribution in [2.24, 2.45) is 0 Å². The van der Waals surface area contributed by atoms with E-state index in [1.165, 1.54) is 16.7 Å². The van der Waals surface area contributed by atoms with E-state index in [9.17, 15) is 4.79 Å². The molecule has 0 unspecified atom stereocenters. The first-order valence-electron chi connectivity index (χ1n) is 9.65. The van der Waals surface area contributed by atoms with Gasteiger partial charge >= 0.3 is 0 Å². The zero-order chi connectivity index (χ0) is 18.0. The van der Waals surface area contributed by atoms with Gasteiger partial charge < -0.3 is 10.6 Å². The number of aryl methyl sites for hydroxylation is 1. The van der Waals surface area contributed by atoms with Crippen molar-refractivity contribution < 1.29 is 4.79 Å². The third-order valence-electron chi connectivity index (χ3n) is 5.88. The molecule has 1 aliphatic heterocycles. The second-order valence-corrected chi connectivity index (χ2v) is 7.36. The molecule has 4 rings (SSSR count). The van der Waals surface area contributed by atoms with E-state index in [4.69, 9.17) is 0 Å². The fourth-order valence-corrected chi connectivity index (χ4v) is 4.40. The highest BCUT2D eigenvalue weighted by Crippen LogP contribution is 2.36. The van der Waals surface area contributed by atoms with Crippen molar-refractivity contribution in [3.05, 3.63) is 65.2 Å². The lowest BCUT2D eigenvalue weighted by Gasteiger charge is -2.42. The van der Waals surface area contributed by atoms with Crippen molar-refractivity contribution in [2.75, 3.05) is 31.5 Å². The van der Waals surface area contributed by atoms with Crippen molar-refractivity contribution in [1.82, 2.24) is 10.2 Å². The number of benzene rings is 2. The van der Waals surface area contributed by atoms with Gasteiger partial charge in [-0.2, -0.15) is 0 Å². The van der Waals surface area contributed by atoms with Gasteiger partial charge in [-0.25, -0.2) is 0 Å². The number of halogens is 2. The first kappa shape index (κ1) is 22.7. The van der Waals surface area contributed by atoms with Crippen molar-refractivity contribution >= 4 is 36.4 Å². The smallest absolute Gasteiger partial charge is 0.245 e. The number of nitrogens with zero attached hydrogens (tertiary/aromatic N) is 1. The summed E-state index contributed by atoms with van der Waals surface area (Å²) < 4.78 is 0. The molecule has 0 atom stereocenters. The second kappa shape index (κ2) is 9.75. The summed E-state index contributed by atoms with van der Waals surface area (Å²) >= 11 is 0. The van der Waals surface area contributed by atoms with Gasteiger partial charge in [0.05, 0.1) is 0 Å². The monoisotopic (exact) mass is 421 g/mol. The van der Waals surface area contributed by atoms with Crippen LogP contribution in [-0.2, 0) is 24.1 Å². The number of carbonyl (C=O) groups excluding carboxylic acids is 1. The van der Waals surface area contributed by atoms with Crippen molar-refractivity contribution in [2.45, 2.75) is 31.7 Å². The van der Waals surface area contributed by atoms with Gasteiger partial charge in [-0.1, -0.05) is 49.4 Å². The van der Waals surface area contributed by atoms with Gasteiger partial charge in [0.2, 0.25) is 5.91 Å². The van der Waals surface area contributed by atoms with Crippen LogP contribution >= 0.6 is 24.8 Å². The third-order valence-corrected chi connectivity index (χ3v) is 5.88. The number of rotatable bonds is 4. The van der Waals surface area contributed by atoms with E-state index in [-0.39, 0.29) is 30.7 Å². The highest BCUT2D eigenvalue weighted by Gasteiger charge is 2.48. The highest BCUT2D eigenvalue weighted by molar-refractivity contribution is 5.99. The van der Waals surface area contributed by atoms with Gasteiger partial charge in [-0.05, 0) is 29.2 Å². The summed E-state index contributed by atoms with van der Waals surface area (Å²) in [7, 11) is 0. The van der Waals surface area contributed by atoms with Crippen LogP contribution in [-0.4, -0.2) is 42.5 Å². The summed E-state index contributed by atoms with van der Waals surface area (Å²) in [5, 5.41) is 6.69. The van der Waals surface area contributed by atoms with Crippen LogP contribution in [0.1, 0.15) is 23.6 Å². The van der Waals surface area contributed by atoms with E-state index in [0.29, 0.717) is 0 Å². The van der Waals surface area contributed by atoms with Crippen LogP contribution in [0.2, 0.25) is 0 Å². The zero-order valence-corrected chi connectivity index (χ0v) is 17.9. The van der Waals surface area contributed by atoms with E-state index in [2.05, 4.69) is 52.8 Å². The average Bonchev–Trinajstić information content (AvgIpc) is 3.10. The van der Waals surface area contributed by atoms with Gasteiger partial charge in [-0.15, -0.1) is 24.8 Å². The first-order valence-corrected chi connectivity index (χ1v) is 9.65. The minimum absolute atomic E-state index is 0. The van der Waals surface area contributed by atoms with Crippen molar-refractivity contribution in [1.29, 1.82) is 0 Å². The van der Waals surface area contributed by atoms with E-state index in [1.54, 1.807) is 0 Å². The number of para-hydroxylation sites is 1. The summed E-state index contributed by atoms with van der Waals surface area (Å²) in [6.07, 6.45) is 2.50. The lowest BCUT2D eigenvalue weighted by Crippen LogP contribution is -2.62. The van der Waals surface area contributed by atoms with Gasteiger partial charge in [0, 0.05) is 44.7 Å². The SMILES string of the molecule is CCc1ccccc1NC(=O)C1(N2CCNCC2)Cc2ccccc2C1.Cl.Cl. The number of fused-ring (bicyclic) bond motifs is 1. The Bertz CT molecular complexity index is 781. The Hall–Kier alpha value is -1.59. The Kier molecular flexibility index (Phi) is 7.90. The molecule has 0 aromatic heterocycles. The van der Waals surface area contributed by atoms with E-state index in [0.717, 1.165) is 51.1 Å². The summed E-state index contributed by atoms with van der Waals surface area (Å²) in [6.45, 7) is 5.84. The predicted octanol–water partition coefficient (Wildman–Crippen LogP) is 3.47. The molecular formula is C22H29Cl2N3O. The van der Waals surface area contributed by atoms with Crippen LogP contribution in [0.25, 0.3) is 0 Å². The largest absolute Gasteiger partial charge is 0.324 e. The molecule has 6 heteroatoms. The normalized spacial score (nSPS) is 17.8. The molecular weight excluding hydrogens is 393 g/mol. The number of piperazine rings is 1. The number of hydrogen-bond donors (Lipinski definition) is 2. The maximum atomic E-state index is 13.6. The maximum Gasteiger partial charge on any atom is 0.245 e. The van der Waals surface area contributed by atoms with Crippen LogP contribution in [0.4, 0.5) is 5.69 Å². The summed E-state index contributed by atoms with van der Waals surface area (Å²) in [4.78, 5) is 16.0. The van der Waals surface area contributed by atoms with Gasteiger partial charge in [0.25, 0.3) is 0 Å². The van der Waals surface area contributed by atoms with Gasteiger partial charge in [-0.3, -0.25) is 9.69 Å². The molecule has 1 amide bonds. The molecule has 2 aromatic carbocycles. The predicted molar refractivity (Wildman–Crippen MR) is 120 cm³/mol. The standard InChI is InChI=1S/C22H27N3O.2ClH/c1-2-17-7-5-6-10-20(17)24-21(26)22(25-13-11-23-12-14-25)15-18-8-3-4-9-19(18)16-22;;/h3-10,23H,2,11-16H2,1H3,(H,24,26);2*1H. The quantitative estimate of drug-likeness (QED) is 0.793. The first-order chi connectivity index (χ1) is 12.7. The fourth-order valence-electron chi connectivity index (χ4n) is 4.40. The lowest BCUT2D eigenvalue weighted by atomic mass is 9.90. The molecule has 1 aliphatic carbocycles. The topological polar surface area (TPSA) is 44.4 Å². The summed E-state index contributed by atoms with van der Waals surface area (Å²) in [5.41, 5.74) is 4.28. The molecule has 0 radical (unpaired) electrons. The minimum Gasteiger partial charge on any atom is -0.324 e. The molecule has 152 valence electrons. The number of nitrogens with one attached hydrogen (secondary N) is 2. The number of carbonyl (C=O) groups is 1. The molecule has 0 bridgehead atoms. The Morgan fingerprint density at radius 1 is 1.00 bits per heavy atom. The Labute approximate surface area is 179 Å². The van der Waals surface area contributed by atoms with Crippen LogP contribution in [0, 0.1) is 0 Å². The highest BCUT2D eigenvalue weighted by atomic mass is 35.5. The van der Waals surface area contributed by atoms with Crippen molar-refractivity contribution in [3.8, 4) is 0 Å². The number of hydrogen-bond acceptors (Lipinski definition) is 3. The fraction of sp³-hybridized carbons (Fsp3) is 0.409.